The van der Waals surface area contributed by atoms with Crippen LogP contribution < -0.4 is 9.47 Å². The number of nitrogens with zero attached hydrogens (tertiary/aromatic N) is 1. The number of rotatable bonds is 5. The van der Waals surface area contributed by atoms with E-state index in [1.807, 2.05) is 30.3 Å². The van der Waals surface area contributed by atoms with Gasteiger partial charge in [-0.05, 0) is 59.0 Å². The molecule has 0 aliphatic carbocycles. The minimum absolute atomic E-state index is 0.0936. The minimum atomic E-state index is -0.474. The summed E-state index contributed by atoms with van der Waals surface area (Å²) in [5, 5.41) is 11.1. The summed E-state index contributed by atoms with van der Waals surface area (Å²) in [5.74, 6) is 1.88. The smallest absolute Gasteiger partial charge is 0.276 e. The molecule has 24 heavy (non-hydrogen) atoms. The maximum absolute atomic E-state index is 11.1. The normalized spacial score (nSPS) is 10.2. The molecule has 0 heterocycles. The van der Waals surface area contributed by atoms with Crippen LogP contribution >= 0.6 is 22.6 Å². The molecule has 0 spiro atoms. The second kappa shape index (κ2) is 7.31. The fraction of sp³-hybridized carbons (Fsp3) is 0. The average molecular weight is 433 g/mol. The van der Waals surface area contributed by atoms with Crippen LogP contribution in [-0.2, 0) is 0 Å². The molecule has 3 aromatic carbocycles. The van der Waals surface area contributed by atoms with Gasteiger partial charge in [0, 0.05) is 9.64 Å². The number of halogens is 1. The number of non-ortho nitro benzene ring substituents is 1. The van der Waals surface area contributed by atoms with Crippen molar-refractivity contribution in [3.05, 3.63) is 86.5 Å². The molecule has 0 amide bonds. The Balaban J connectivity index is 1.90. The summed E-state index contributed by atoms with van der Waals surface area (Å²) >= 11 is 2.19. The number of hydrogen-bond acceptors (Lipinski definition) is 4. The van der Waals surface area contributed by atoms with Crippen LogP contribution in [0.25, 0.3) is 0 Å². The third kappa shape index (κ3) is 4.23. The van der Waals surface area contributed by atoms with Crippen LogP contribution in [0.3, 0.4) is 0 Å². The third-order valence-electron chi connectivity index (χ3n) is 3.10. The van der Waals surface area contributed by atoms with E-state index in [2.05, 4.69) is 22.6 Å². The fourth-order valence-corrected chi connectivity index (χ4v) is 2.40. The van der Waals surface area contributed by atoms with Crippen LogP contribution in [-0.4, -0.2) is 4.92 Å². The van der Waals surface area contributed by atoms with Gasteiger partial charge in [-0.15, -0.1) is 0 Å². The molecule has 0 aliphatic heterocycles. The van der Waals surface area contributed by atoms with E-state index in [9.17, 15) is 10.1 Å². The van der Waals surface area contributed by atoms with E-state index >= 15 is 0 Å². The second-order valence-corrected chi connectivity index (χ2v) is 6.14. The summed E-state index contributed by atoms with van der Waals surface area (Å²) in [5.41, 5.74) is -0.0936. The first-order chi connectivity index (χ1) is 11.6. The number of para-hydroxylation sites is 1. The van der Waals surface area contributed by atoms with Crippen molar-refractivity contribution in [1.82, 2.24) is 0 Å². The largest absolute Gasteiger partial charge is 0.457 e. The lowest BCUT2D eigenvalue weighted by atomic mass is 10.2. The van der Waals surface area contributed by atoms with E-state index in [0.717, 1.165) is 3.57 Å². The second-order valence-electron chi connectivity index (χ2n) is 4.89. The maximum Gasteiger partial charge on any atom is 0.276 e. The van der Waals surface area contributed by atoms with E-state index in [-0.39, 0.29) is 5.69 Å². The van der Waals surface area contributed by atoms with Crippen LogP contribution in [0.5, 0.6) is 23.0 Å². The maximum atomic E-state index is 11.1. The molecule has 5 nitrogen and oxygen atoms in total. The SMILES string of the molecule is O=[N+]([O-])c1cc(Oc2ccccc2)cc(Oc2ccc(I)cc2)c1. The van der Waals surface area contributed by atoms with Crippen molar-refractivity contribution in [2.75, 3.05) is 0 Å². The molecular formula is C18H12INO4. The number of ether oxygens (including phenoxy) is 2. The van der Waals surface area contributed by atoms with E-state index in [1.165, 1.54) is 12.1 Å². The topological polar surface area (TPSA) is 61.6 Å². The van der Waals surface area contributed by atoms with Gasteiger partial charge in [0.25, 0.3) is 5.69 Å². The summed E-state index contributed by atoms with van der Waals surface area (Å²) < 4.78 is 12.5. The van der Waals surface area contributed by atoms with Crippen molar-refractivity contribution >= 4 is 28.3 Å². The highest BCUT2D eigenvalue weighted by atomic mass is 127. The molecule has 3 rings (SSSR count). The van der Waals surface area contributed by atoms with Gasteiger partial charge in [-0.1, -0.05) is 18.2 Å². The Morgan fingerprint density at radius 3 is 1.83 bits per heavy atom. The Labute approximate surface area is 152 Å². The van der Waals surface area contributed by atoms with E-state index in [4.69, 9.17) is 9.47 Å². The first-order valence-corrected chi connectivity index (χ1v) is 8.14. The van der Waals surface area contributed by atoms with Crippen molar-refractivity contribution in [1.29, 1.82) is 0 Å². The van der Waals surface area contributed by atoms with Gasteiger partial charge in [-0.2, -0.15) is 0 Å². The molecule has 0 unspecified atom stereocenters. The van der Waals surface area contributed by atoms with Crippen LogP contribution in [0.2, 0.25) is 0 Å². The molecule has 0 bridgehead atoms. The molecule has 0 aromatic heterocycles. The van der Waals surface area contributed by atoms with Crippen molar-refractivity contribution in [3.8, 4) is 23.0 Å². The van der Waals surface area contributed by atoms with Gasteiger partial charge >= 0.3 is 0 Å². The molecule has 0 N–H and O–H groups in total. The Bertz CT molecular complexity index is 851. The lowest BCUT2D eigenvalue weighted by Gasteiger charge is -2.09. The van der Waals surface area contributed by atoms with E-state index < -0.39 is 4.92 Å². The summed E-state index contributed by atoms with van der Waals surface area (Å²) in [4.78, 5) is 10.7. The Hall–Kier alpha value is -2.61. The standard InChI is InChI=1S/C18H12INO4/c19-13-6-8-16(9-7-13)24-18-11-14(20(21)22)10-17(12-18)23-15-4-2-1-3-5-15/h1-12H. The summed E-state index contributed by atoms with van der Waals surface area (Å²) in [6.07, 6.45) is 0. The monoisotopic (exact) mass is 433 g/mol. The molecule has 3 aromatic rings. The minimum Gasteiger partial charge on any atom is -0.457 e. The van der Waals surface area contributed by atoms with Crippen molar-refractivity contribution in [3.63, 3.8) is 0 Å². The van der Waals surface area contributed by atoms with Crippen molar-refractivity contribution < 1.29 is 14.4 Å². The molecule has 0 fully saturated rings. The Kier molecular flexibility index (Phi) is 4.95. The average Bonchev–Trinajstić information content (AvgIpc) is 2.58. The lowest BCUT2D eigenvalue weighted by Crippen LogP contribution is -1.92. The molecule has 0 saturated carbocycles. The Morgan fingerprint density at radius 2 is 1.29 bits per heavy atom. The molecule has 0 aliphatic rings. The van der Waals surface area contributed by atoms with Gasteiger partial charge in [0.15, 0.2) is 0 Å². The van der Waals surface area contributed by atoms with Gasteiger partial charge in [0.1, 0.15) is 23.0 Å². The predicted octanol–water partition coefficient (Wildman–Crippen LogP) is 5.78. The molecular weight excluding hydrogens is 421 g/mol. The molecule has 120 valence electrons. The van der Waals surface area contributed by atoms with Gasteiger partial charge in [-0.3, -0.25) is 10.1 Å². The summed E-state index contributed by atoms with van der Waals surface area (Å²) in [6.45, 7) is 0. The number of nitro benzene ring substituents is 1. The lowest BCUT2D eigenvalue weighted by molar-refractivity contribution is -0.385. The quantitative estimate of drug-likeness (QED) is 0.291. The van der Waals surface area contributed by atoms with Crippen LogP contribution in [0.15, 0.2) is 72.8 Å². The molecule has 0 radical (unpaired) electrons. The summed E-state index contributed by atoms with van der Waals surface area (Å²) in [7, 11) is 0. The number of benzene rings is 3. The van der Waals surface area contributed by atoms with Gasteiger partial charge in [0.05, 0.1) is 17.1 Å². The molecule has 0 saturated heterocycles. The van der Waals surface area contributed by atoms with Gasteiger partial charge in [-0.25, -0.2) is 0 Å². The van der Waals surface area contributed by atoms with Crippen molar-refractivity contribution in [2.45, 2.75) is 0 Å². The predicted molar refractivity (Wildman–Crippen MR) is 98.8 cm³/mol. The zero-order valence-electron chi connectivity index (χ0n) is 12.4. The highest BCUT2D eigenvalue weighted by molar-refractivity contribution is 14.1. The third-order valence-corrected chi connectivity index (χ3v) is 3.82. The first-order valence-electron chi connectivity index (χ1n) is 7.06. The number of hydrogen-bond donors (Lipinski definition) is 0. The summed E-state index contributed by atoms with van der Waals surface area (Å²) in [6, 6.07) is 20.8. The van der Waals surface area contributed by atoms with Crippen LogP contribution in [0.1, 0.15) is 0 Å². The van der Waals surface area contributed by atoms with Gasteiger partial charge < -0.3 is 9.47 Å². The van der Waals surface area contributed by atoms with E-state index in [1.54, 1.807) is 30.3 Å². The van der Waals surface area contributed by atoms with Crippen LogP contribution in [0, 0.1) is 13.7 Å². The van der Waals surface area contributed by atoms with E-state index in [0.29, 0.717) is 23.0 Å². The van der Waals surface area contributed by atoms with Crippen LogP contribution in [0.4, 0.5) is 5.69 Å². The highest BCUT2D eigenvalue weighted by Gasteiger charge is 2.13. The van der Waals surface area contributed by atoms with Crippen molar-refractivity contribution in [2.24, 2.45) is 0 Å². The zero-order valence-corrected chi connectivity index (χ0v) is 14.5. The molecule has 6 heteroatoms. The van der Waals surface area contributed by atoms with Gasteiger partial charge in [0.2, 0.25) is 0 Å². The molecule has 0 atom stereocenters. The Morgan fingerprint density at radius 1 is 0.750 bits per heavy atom. The zero-order chi connectivity index (χ0) is 16.9. The highest BCUT2D eigenvalue weighted by Crippen LogP contribution is 2.33. The first kappa shape index (κ1) is 16.3. The number of nitro groups is 1. The fourth-order valence-electron chi connectivity index (χ4n) is 2.04.